The summed E-state index contributed by atoms with van der Waals surface area (Å²) in [6.07, 6.45) is 0. The number of ether oxygens (including phenoxy) is 1. The van der Waals surface area contributed by atoms with Crippen LogP contribution in [0.1, 0.15) is 12.5 Å². The van der Waals surface area contributed by atoms with Crippen LogP contribution < -0.4 is 4.74 Å². The van der Waals surface area contributed by atoms with Crippen LogP contribution in [0.3, 0.4) is 0 Å². The first kappa shape index (κ1) is 11.8. The molecular weight excluding hydrogens is 316 g/mol. The van der Waals surface area contributed by atoms with Crippen LogP contribution in [0.15, 0.2) is 15.0 Å². The van der Waals surface area contributed by atoms with Crippen molar-refractivity contribution < 1.29 is 14.9 Å². The van der Waals surface area contributed by atoms with Crippen molar-refractivity contribution >= 4 is 31.9 Å². The molecule has 0 radical (unpaired) electrons. The minimum absolute atomic E-state index is 0.0237. The van der Waals surface area contributed by atoms with Crippen molar-refractivity contribution in [1.82, 2.24) is 0 Å². The Morgan fingerprint density at radius 3 is 2.57 bits per heavy atom. The maximum Gasteiger partial charge on any atom is 0.164 e. The Morgan fingerprint density at radius 2 is 2.07 bits per heavy atom. The number of aliphatic hydroxyl groups excluding tert-OH is 1. The molecule has 0 heterocycles. The third kappa shape index (κ3) is 2.21. The van der Waals surface area contributed by atoms with E-state index in [1.165, 1.54) is 0 Å². The number of halogens is 2. The van der Waals surface area contributed by atoms with Crippen molar-refractivity contribution in [1.29, 1.82) is 0 Å². The van der Waals surface area contributed by atoms with Crippen molar-refractivity contribution in [2.24, 2.45) is 0 Å². The highest BCUT2D eigenvalue weighted by molar-refractivity contribution is 9.13. The van der Waals surface area contributed by atoms with Crippen molar-refractivity contribution in [2.45, 2.75) is 13.5 Å². The van der Waals surface area contributed by atoms with Gasteiger partial charge in [-0.25, -0.2) is 0 Å². The van der Waals surface area contributed by atoms with E-state index in [0.29, 0.717) is 22.4 Å². The maximum absolute atomic E-state index is 9.69. The molecule has 0 spiro atoms. The molecule has 0 aliphatic carbocycles. The zero-order valence-electron chi connectivity index (χ0n) is 7.55. The Morgan fingerprint density at radius 1 is 1.43 bits per heavy atom. The Bertz CT molecular complexity index is 339. The molecule has 0 bridgehead atoms. The average molecular weight is 326 g/mol. The molecule has 14 heavy (non-hydrogen) atoms. The lowest BCUT2D eigenvalue weighted by molar-refractivity contribution is 0.268. The monoisotopic (exact) mass is 324 g/mol. The molecule has 2 N–H and O–H groups in total. The molecule has 0 atom stereocenters. The van der Waals surface area contributed by atoms with Gasteiger partial charge in [-0.1, -0.05) is 0 Å². The van der Waals surface area contributed by atoms with Gasteiger partial charge in [-0.15, -0.1) is 0 Å². The molecule has 0 fully saturated rings. The van der Waals surface area contributed by atoms with Gasteiger partial charge < -0.3 is 14.9 Å². The van der Waals surface area contributed by atoms with E-state index in [4.69, 9.17) is 9.84 Å². The molecule has 0 saturated carbocycles. The summed E-state index contributed by atoms with van der Waals surface area (Å²) in [6, 6.07) is 1.65. The van der Waals surface area contributed by atoms with Crippen molar-refractivity contribution in [2.75, 3.05) is 6.61 Å². The number of phenols is 1. The van der Waals surface area contributed by atoms with Crippen LogP contribution in [0, 0.1) is 0 Å². The molecule has 0 aliphatic rings. The molecule has 0 amide bonds. The standard InChI is InChI=1S/C9H10Br2O3/c1-2-14-7-3-6(10)8(11)5(4-12)9(7)13/h3,12-13H,2,4H2,1H3. The van der Waals surface area contributed by atoms with Crippen molar-refractivity contribution in [3.63, 3.8) is 0 Å². The first-order valence-corrected chi connectivity index (χ1v) is 5.63. The molecule has 3 nitrogen and oxygen atoms in total. The predicted octanol–water partition coefficient (Wildman–Crippen LogP) is 2.81. The summed E-state index contributed by atoms with van der Waals surface area (Å²) < 4.78 is 6.58. The van der Waals surface area contributed by atoms with E-state index in [2.05, 4.69) is 31.9 Å². The van der Waals surface area contributed by atoms with E-state index >= 15 is 0 Å². The van der Waals surface area contributed by atoms with Gasteiger partial charge in [0.15, 0.2) is 11.5 Å². The zero-order valence-corrected chi connectivity index (χ0v) is 10.7. The minimum Gasteiger partial charge on any atom is -0.504 e. The summed E-state index contributed by atoms with van der Waals surface area (Å²) >= 11 is 6.55. The lowest BCUT2D eigenvalue weighted by Gasteiger charge is -2.11. The largest absolute Gasteiger partial charge is 0.504 e. The lowest BCUT2D eigenvalue weighted by atomic mass is 10.2. The van der Waals surface area contributed by atoms with E-state index < -0.39 is 0 Å². The summed E-state index contributed by atoms with van der Waals surface area (Å²) in [5.74, 6) is 0.344. The van der Waals surface area contributed by atoms with E-state index in [1.54, 1.807) is 6.07 Å². The van der Waals surface area contributed by atoms with Gasteiger partial charge in [-0.3, -0.25) is 0 Å². The smallest absolute Gasteiger partial charge is 0.164 e. The maximum atomic E-state index is 9.69. The van der Waals surface area contributed by atoms with Gasteiger partial charge in [0.1, 0.15) is 0 Å². The Hall–Kier alpha value is -0.260. The summed E-state index contributed by atoms with van der Waals surface area (Å²) in [5.41, 5.74) is 0.419. The minimum atomic E-state index is -0.244. The molecule has 1 rings (SSSR count). The second-order valence-electron chi connectivity index (χ2n) is 2.59. The quantitative estimate of drug-likeness (QED) is 0.898. The summed E-state index contributed by atoms with van der Waals surface area (Å²) in [7, 11) is 0. The Labute approximate surface area is 99.0 Å². The number of rotatable bonds is 3. The van der Waals surface area contributed by atoms with Gasteiger partial charge in [-0.2, -0.15) is 0 Å². The fourth-order valence-corrected chi connectivity index (χ4v) is 1.93. The summed E-state index contributed by atoms with van der Waals surface area (Å²) in [6.45, 7) is 2.05. The molecule has 0 unspecified atom stereocenters. The predicted molar refractivity (Wildman–Crippen MR) is 60.6 cm³/mol. The van der Waals surface area contributed by atoms with E-state index in [9.17, 15) is 5.11 Å². The highest BCUT2D eigenvalue weighted by Crippen LogP contribution is 2.40. The third-order valence-corrected chi connectivity index (χ3v) is 3.77. The topological polar surface area (TPSA) is 49.7 Å². The van der Waals surface area contributed by atoms with Crippen LogP contribution in [-0.2, 0) is 6.61 Å². The third-order valence-electron chi connectivity index (χ3n) is 1.71. The van der Waals surface area contributed by atoms with Crippen molar-refractivity contribution in [3.05, 3.63) is 20.6 Å². The first-order chi connectivity index (χ1) is 6.61. The highest BCUT2D eigenvalue weighted by Gasteiger charge is 2.14. The number of aromatic hydroxyl groups is 1. The molecule has 0 aromatic heterocycles. The van der Waals surface area contributed by atoms with Crippen LogP contribution in [0.25, 0.3) is 0 Å². The molecular formula is C9H10Br2O3. The van der Waals surface area contributed by atoms with Crippen molar-refractivity contribution in [3.8, 4) is 11.5 Å². The van der Waals surface area contributed by atoms with Gasteiger partial charge >= 0.3 is 0 Å². The van der Waals surface area contributed by atoms with Crippen LogP contribution in [0.2, 0.25) is 0 Å². The molecule has 1 aromatic carbocycles. The molecule has 5 heteroatoms. The first-order valence-electron chi connectivity index (χ1n) is 4.05. The van der Waals surface area contributed by atoms with Gasteiger partial charge in [-0.05, 0) is 44.8 Å². The highest BCUT2D eigenvalue weighted by atomic mass is 79.9. The number of hydrogen-bond acceptors (Lipinski definition) is 3. The molecule has 0 saturated heterocycles. The fourth-order valence-electron chi connectivity index (χ4n) is 1.05. The SMILES string of the molecule is CCOc1cc(Br)c(Br)c(CO)c1O. The normalized spacial score (nSPS) is 10.3. The fraction of sp³-hybridized carbons (Fsp3) is 0.333. The van der Waals surface area contributed by atoms with Crippen LogP contribution >= 0.6 is 31.9 Å². The summed E-state index contributed by atoms with van der Waals surface area (Å²) in [5, 5.41) is 18.7. The number of hydrogen-bond donors (Lipinski definition) is 2. The second kappa shape index (κ2) is 5.00. The van der Waals surface area contributed by atoms with Gasteiger partial charge in [0, 0.05) is 14.5 Å². The van der Waals surface area contributed by atoms with Gasteiger partial charge in [0.05, 0.1) is 13.2 Å². The average Bonchev–Trinajstić information content (AvgIpc) is 2.16. The Balaban J connectivity index is 3.27. The van der Waals surface area contributed by atoms with Crippen LogP contribution in [-0.4, -0.2) is 16.8 Å². The Kier molecular flexibility index (Phi) is 4.22. The number of aliphatic hydroxyl groups is 1. The van der Waals surface area contributed by atoms with Crippen LogP contribution in [0.4, 0.5) is 0 Å². The molecule has 0 aliphatic heterocycles. The van der Waals surface area contributed by atoms with Crippen LogP contribution in [0.5, 0.6) is 11.5 Å². The molecule has 78 valence electrons. The number of benzene rings is 1. The van der Waals surface area contributed by atoms with E-state index in [0.717, 1.165) is 4.47 Å². The van der Waals surface area contributed by atoms with E-state index in [-0.39, 0.29) is 12.4 Å². The van der Waals surface area contributed by atoms with Gasteiger partial charge in [0.25, 0.3) is 0 Å². The van der Waals surface area contributed by atoms with E-state index in [1.807, 2.05) is 6.92 Å². The van der Waals surface area contributed by atoms with Gasteiger partial charge in [0.2, 0.25) is 0 Å². The zero-order chi connectivity index (χ0) is 10.7. The molecule has 1 aromatic rings. The summed E-state index contributed by atoms with van der Waals surface area (Å²) in [4.78, 5) is 0. The lowest BCUT2D eigenvalue weighted by Crippen LogP contribution is -1.96. The second-order valence-corrected chi connectivity index (χ2v) is 4.24.